The zero-order valence-electron chi connectivity index (χ0n) is 12.0. The zero-order valence-corrected chi connectivity index (χ0v) is 12.0. The van der Waals surface area contributed by atoms with Crippen LogP contribution in [0, 0.1) is 0 Å². The van der Waals surface area contributed by atoms with Gasteiger partial charge in [0.25, 0.3) is 0 Å². The van der Waals surface area contributed by atoms with Gasteiger partial charge in [-0.1, -0.05) is 6.07 Å². The second kappa shape index (κ2) is 6.15. The number of aryl methyl sites for hydroxylation is 1. The maximum Gasteiger partial charge on any atom is 0.161 e. The first-order chi connectivity index (χ1) is 10.2. The lowest BCUT2D eigenvalue weighted by Crippen LogP contribution is -2.22. The van der Waals surface area contributed by atoms with Gasteiger partial charge in [-0.05, 0) is 23.8 Å². The molecule has 0 amide bonds. The minimum atomic E-state index is -0.593. The van der Waals surface area contributed by atoms with E-state index in [2.05, 4.69) is 10.4 Å². The van der Waals surface area contributed by atoms with Gasteiger partial charge in [0.1, 0.15) is 13.2 Å². The van der Waals surface area contributed by atoms with E-state index in [9.17, 15) is 5.11 Å². The third kappa shape index (κ3) is 3.34. The summed E-state index contributed by atoms with van der Waals surface area (Å²) in [7, 11) is 1.88. The molecule has 2 N–H and O–H groups in total. The van der Waals surface area contributed by atoms with Crippen LogP contribution in [0.25, 0.3) is 0 Å². The number of hydrogen-bond donors (Lipinski definition) is 2. The molecular formula is C15H19N3O3. The molecule has 1 aromatic carbocycles. The first-order valence-electron chi connectivity index (χ1n) is 6.99. The van der Waals surface area contributed by atoms with Gasteiger partial charge in [0.2, 0.25) is 0 Å². The fourth-order valence-corrected chi connectivity index (χ4v) is 2.28. The maximum atomic E-state index is 10.2. The lowest BCUT2D eigenvalue weighted by atomic mass is 10.1. The molecule has 0 bridgehead atoms. The van der Waals surface area contributed by atoms with Crippen molar-refractivity contribution in [2.75, 3.05) is 19.8 Å². The van der Waals surface area contributed by atoms with Crippen molar-refractivity contribution in [2.24, 2.45) is 7.05 Å². The molecular weight excluding hydrogens is 270 g/mol. The molecule has 0 aliphatic carbocycles. The van der Waals surface area contributed by atoms with E-state index in [0.717, 1.165) is 17.0 Å². The number of aliphatic hydroxyl groups is 1. The summed E-state index contributed by atoms with van der Waals surface area (Å²) in [5.41, 5.74) is 1.76. The van der Waals surface area contributed by atoms with E-state index in [1.165, 1.54) is 0 Å². The van der Waals surface area contributed by atoms with Gasteiger partial charge in [0, 0.05) is 26.3 Å². The molecule has 0 saturated heterocycles. The molecule has 3 rings (SSSR count). The van der Waals surface area contributed by atoms with Crippen LogP contribution in [-0.2, 0) is 13.6 Å². The maximum absolute atomic E-state index is 10.2. The van der Waals surface area contributed by atoms with Gasteiger partial charge in [-0.25, -0.2) is 0 Å². The van der Waals surface area contributed by atoms with Gasteiger partial charge in [-0.15, -0.1) is 0 Å². The van der Waals surface area contributed by atoms with Crippen LogP contribution >= 0.6 is 0 Å². The molecule has 0 fully saturated rings. The Hall–Kier alpha value is -2.05. The Kier molecular flexibility index (Phi) is 4.08. The molecule has 1 aliphatic rings. The molecule has 2 aromatic rings. The van der Waals surface area contributed by atoms with Crippen LogP contribution in [0.5, 0.6) is 11.5 Å². The first-order valence-corrected chi connectivity index (χ1v) is 6.99. The number of benzene rings is 1. The van der Waals surface area contributed by atoms with Crippen molar-refractivity contribution in [3.8, 4) is 11.5 Å². The minimum Gasteiger partial charge on any atom is -0.486 e. The molecule has 1 aliphatic heterocycles. The third-order valence-corrected chi connectivity index (χ3v) is 3.36. The topological polar surface area (TPSA) is 68.5 Å². The number of ether oxygens (including phenoxy) is 2. The quantitative estimate of drug-likeness (QED) is 0.860. The van der Waals surface area contributed by atoms with Gasteiger partial charge in [0.15, 0.2) is 11.5 Å². The third-order valence-electron chi connectivity index (χ3n) is 3.36. The van der Waals surface area contributed by atoms with Gasteiger partial charge >= 0.3 is 0 Å². The van der Waals surface area contributed by atoms with Crippen LogP contribution in [0.15, 0.2) is 30.5 Å². The zero-order chi connectivity index (χ0) is 14.7. The fraction of sp³-hybridized carbons (Fsp3) is 0.400. The SMILES string of the molecule is Cn1ccc(CNCC(O)c2ccc3c(c2)OCCO3)n1. The Morgan fingerprint density at radius 2 is 2.10 bits per heavy atom. The van der Waals surface area contributed by atoms with Crippen molar-refractivity contribution in [2.45, 2.75) is 12.6 Å². The predicted molar refractivity (Wildman–Crippen MR) is 77.3 cm³/mol. The van der Waals surface area contributed by atoms with E-state index >= 15 is 0 Å². The number of aliphatic hydroxyl groups excluding tert-OH is 1. The molecule has 1 atom stereocenters. The summed E-state index contributed by atoms with van der Waals surface area (Å²) >= 11 is 0. The van der Waals surface area contributed by atoms with Crippen LogP contribution in [0.2, 0.25) is 0 Å². The Bertz CT molecular complexity index is 612. The molecule has 0 radical (unpaired) electrons. The summed E-state index contributed by atoms with van der Waals surface area (Å²) in [4.78, 5) is 0. The number of nitrogens with zero attached hydrogens (tertiary/aromatic N) is 2. The molecule has 0 spiro atoms. The second-order valence-electron chi connectivity index (χ2n) is 5.03. The molecule has 21 heavy (non-hydrogen) atoms. The summed E-state index contributed by atoms with van der Waals surface area (Å²) in [6, 6.07) is 7.48. The lowest BCUT2D eigenvalue weighted by Gasteiger charge is -2.20. The summed E-state index contributed by atoms with van der Waals surface area (Å²) in [6.45, 7) is 2.20. The highest BCUT2D eigenvalue weighted by Crippen LogP contribution is 2.32. The highest BCUT2D eigenvalue weighted by molar-refractivity contribution is 5.44. The average Bonchev–Trinajstić information content (AvgIpc) is 2.92. The Labute approximate surface area is 123 Å². The molecule has 6 nitrogen and oxygen atoms in total. The molecule has 112 valence electrons. The van der Waals surface area contributed by atoms with Crippen molar-refractivity contribution in [1.29, 1.82) is 0 Å². The summed E-state index contributed by atoms with van der Waals surface area (Å²) in [5.74, 6) is 1.43. The fourth-order valence-electron chi connectivity index (χ4n) is 2.28. The predicted octanol–water partition coefficient (Wildman–Crippen LogP) is 1.01. The van der Waals surface area contributed by atoms with Crippen LogP contribution in [0.1, 0.15) is 17.4 Å². The standard InChI is InChI=1S/C15H19N3O3/c1-18-5-4-12(17-18)9-16-10-13(19)11-2-3-14-15(8-11)21-7-6-20-14/h2-5,8,13,16,19H,6-7,9-10H2,1H3. The van der Waals surface area contributed by atoms with Crippen molar-refractivity contribution < 1.29 is 14.6 Å². The largest absolute Gasteiger partial charge is 0.486 e. The van der Waals surface area contributed by atoms with Gasteiger partial charge < -0.3 is 19.9 Å². The Morgan fingerprint density at radius 1 is 1.29 bits per heavy atom. The van der Waals surface area contributed by atoms with E-state index in [1.54, 1.807) is 4.68 Å². The van der Waals surface area contributed by atoms with Gasteiger partial charge in [-0.2, -0.15) is 5.10 Å². The van der Waals surface area contributed by atoms with E-state index in [-0.39, 0.29) is 0 Å². The normalized spacial score (nSPS) is 15.0. The summed E-state index contributed by atoms with van der Waals surface area (Å²) in [5, 5.41) is 17.7. The number of aromatic nitrogens is 2. The first kappa shape index (κ1) is 13.9. The van der Waals surface area contributed by atoms with E-state index in [1.807, 2.05) is 37.5 Å². The molecule has 1 aromatic heterocycles. The van der Waals surface area contributed by atoms with Crippen molar-refractivity contribution >= 4 is 0 Å². The second-order valence-corrected chi connectivity index (χ2v) is 5.03. The highest BCUT2D eigenvalue weighted by Gasteiger charge is 2.15. The Balaban J connectivity index is 1.56. The van der Waals surface area contributed by atoms with Gasteiger partial charge in [0.05, 0.1) is 11.8 Å². The van der Waals surface area contributed by atoms with E-state index < -0.39 is 6.10 Å². The van der Waals surface area contributed by atoms with Crippen LogP contribution in [0.4, 0.5) is 0 Å². The molecule has 6 heteroatoms. The molecule has 2 heterocycles. The van der Waals surface area contributed by atoms with Crippen LogP contribution < -0.4 is 14.8 Å². The smallest absolute Gasteiger partial charge is 0.161 e. The van der Waals surface area contributed by atoms with E-state index in [0.29, 0.717) is 32.1 Å². The number of fused-ring (bicyclic) bond motifs is 1. The van der Waals surface area contributed by atoms with Crippen LogP contribution in [0.3, 0.4) is 0 Å². The van der Waals surface area contributed by atoms with Crippen molar-refractivity contribution in [3.05, 3.63) is 41.7 Å². The number of rotatable bonds is 5. The monoisotopic (exact) mass is 289 g/mol. The van der Waals surface area contributed by atoms with Crippen molar-refractivity contribution in [1.82, 2.24) is 15.1 Å². The highest BCUT2D eigenvalue weighted by atomic mass is 16.6. The minimum absolute atomic E-state index is 0.455. The van der Waals surface area contributed by atoms with Crippen molar-refractivity contribution in [3.63, 3.8) is 0 Å². The number of nitrogens with one attached hydrogen (secondary N) is 1. The van der Waals surface area contributed by atoms with Gasteiger partial charge in [-0.3, -0.25) is 4.68 Å². The molecule has 1 unspecified atom stereocenters. The molecule has 0 saturated carbocycles. The number of hydrogen-bond acceptors (Lipinski definition) is 5. The summed E-state index contributed by atoms with van der Waals surface area (Å²) in [6.07, 6.45) is 1.30. The summed E-state index contributed by atoms with van der Waals surface area (Å²) < 4.78 is 12.7. The van der Waals surface area contributed by atoms with Crippen LogP contribution in [-0.4, -0.2) is 34.6 Å². The van der Waals surface area contributed by atoms with E-state index in [4.69, 9.17) is 9.47 Å². The lowest BCUT2D eigenvalue weighted by molar-refractivity contribution is 0.163. The Morgan fingerprint density at radius 3 is 2.86 bits per heavy atom. The average molecular weight is 289 g/mol.